The molecule has 0 fully saturated rings. The predicted molar refractivity (Wildman–Crippen MR) is 128 cm³/mol. The quantitative estimate of drug-likeness (QED) is 0.639. The smallest absolute Gasteiger partial charge is 0.0805 e. The van der Waals surface area contributed by atoms with E-state index in [-0.39, 0.29) is 0 Å². The SMILES string of the molecule is C1=CC=C2NCCSCCNC3=CC=CC=CC3=NCCSCCN=C2C=C1. The molecule has 4 nitrogen and oxygen atoms in total. The van der Waals surface area contributed by atoms with Crippen LogP contribution in [0, 0.1) is 0 Å². The van der Waals surface area contributed by atoms with Crippen molar-refractivity contribution in [3.63, 3.8) is 0 Å². The Kier molecular flexibility index (Phi) is 9.30. The van der Waals surface area contributed by atoms with E-state index in [1.807, 2.05) is 35.7 Å². The number of allylic oxidation sites excluding steroid dienone is 10. The normalized spacial score (nSPS) is 21.7. The fourth-order valence-corrected chi connectivity index (χ4v) is 4.17. The van der Waals surface area contributed by atoms with Gasteiger partial charge in [-0.1, -0.05) is 36.5 Å². The Hall–Kier alpha value is -1.92. The van der Waals surface area contributed by atoms with E-state index < -0.39 is 0 Å². The molecule has 0 aromatic heterocycles. The maximum Gasteiger partial charge on any atom is 0.0805 e. The van der Waals surface area contributed by atoms with Crippen molar-refractivity contribution in [3.8, 4) is 0 Å². The highest BCUT2D eigenvalue weighted by molar-refractivity contribution is 7.99. The summed E-state index contributed by atoms with van der Waals surface area (Å²) in [6.45, 7) is 3.52. The fraction of sp³-hybridized carbons (Fsp3) is 0.364. The summed E-state index contributed by atoms with van der Waals surface area (Å²) in [5.74, 6) is 4.15. The Labute approximate surface area is 176 Å². The van der Waals surface area contributed by atoms with Gasteiger partial charge in [-0.05, 0) is 24.3 Å². The van der Waals surface area contributed by atoms with E-state index in [0.717, 1.165) is 72.0 Å². The van der Waals surface area contributed by atoms with Crippen LogP contribution in [0.1, 0.15) is 0 Å². The summed E-state index contributed by atoms with van der Waals surface area (Å²) < 4.78 is 0. The molecular formula is C22H28N4S2. The Bertz CT molecular complexity index is 692. The molecule has 0 atom stereocenters. The average molecular weight is 413 g/mol. The number of hydrogen-bond donors (Lipinski definition) is 2. The highest BCUT2D eigenvalue weighted by atomic mass is 32.2. The Morgan fingerprint density at radius 3 is 1.64 bits per heavy atom. The Morgan fingerprint density at radius 2 is 1.11 bits per heavy atom. The molecule has 0 saturated carbocycles. The maximum absolute atomic E-state index is 4.80. The van der Waals surface area contributed by atoms with E-state index in [2.05, 4.69) is 59.2 Å². The minimum Gasteiger partial charge on any atom is -0.382 e. The molecule has 0 spiro atoms. The summed E-state index contributed by atoms with van der Waals surface area (Å²) in [4.78, 5) is 9.61. The largest absolute Gasteiger partial charge is 0.382 e. The molecule has 0 amide bonds. The zero-order chi connectivity index (χ0) is 19.3. The van der Waals surface area contributed by atoms with Crippen LogP contribution < -0.4 is 10.6 Å². The summed E-state index contributed by atoms with van der Waals surface area (Å²) in [5, 5.41) is 7.10. The number of fused-ring (bicyclic) bond motifs is 2. The van der Waals surface area contributed by atoms with Gasteiger partial charge in [0.15, 0.2) is 0 Å². The summed E-state index contributed by atoms with van der Waals surface area (Å²) >= 11 is 3.86. The van der Waals surface area contributed by atoms with Gasteiger partial charge in [0.1, 0.15) is 0 Å². The molecule has 0 radical (unpaired) electrons. The van der Waals surface area contributed by atoms with Gasteiger partial charge in [0.25, 0.3) is 0 Å². The summed E-state index contributed by atoms with van der Waals surface area (Å²) in [5.41, 5.74) is 4.33. The molecule has 0 bridgehead atoms. The second kappa shape index (κ2) is 12.5. The van der Waals surface area contributed by atoms with Gasteiger partial charge in [0, 0.05) is 49.2 Å². The first kappa shape index (κ1) is 20.8. The van der Waals surface area contributed by atoms with Crippen molar-refractivity contribution in [1.82, 2.24) is 10.6 Å². The third-order valence-corrected chi connectivity index (χ3v) is 6.12. The molecule has 148 valence electrons. The van der Waals surface area contributed by atoms with Crippen LogP contribution in [0.2, 0.25) is 0 Å². The molecular weight excluding hydrogens is 384 g/mol. The van der Waals surface area contributed by atoms with Crippen molar-refractivity contribution in [3.05, 3.63) is 72.2 Å². The van der Waals surface area contributed by atoms with Crippen molar-refractivity contribution in [2.75, 3.05) is 49.2 Å². The number of nitrogens with one attached hydrogen (secondary N) is 2. The van der Waals surface area contributed by atoms with E-state index in [1.54, 1.807) is 0 Å². The molecule has 28 heavy (non-hydrogen) atoms. The molecule has 1 heterocycles. The van der Waals surface area contributed by atoms with Crippen LogP contribution in [-0.2, 0) is 0 Å². The van der Waals surface area contributed by atoms with Crippen LogP contribution in [0.4, 0.5) is 0 Å². The lowest BCUT2D eigenvalue weighted by Crippen LogP contribution is -2.24. The van der Waals surface area contributed by atoms with Gasteiger partial charge in [-0.15, -0.1) is 0 Å². The zero-order valence-corrected chi connectivity index (χ0v) is 17.8. The topological polar surface area (TPSA) is 48.8 Å². The molecule has 0 aromatic rings. The number of rotatable bonds is 0. The molecule has 0 unspecified atom stereocenters. The third-order valence-electron chi connectivity index (χ3n) is 4.19. The van der Waals surface area contributed by atoms with Crippen molar-refractivity contribution < 1.29 is 0 Å². The average Bonchev–Trinajstić information content (AvgIpc) is 3.06. The summed E-state index contributed by atoms with van der Waals surface area (Å²) in [6.07, 6.45) is 20.8. The zero-order valence-electron chi connectivity index (χ0n) is 16.1. The minimum absolute atomic E-state index is 0.825. The molecule has 0 saturated heterocycles. The first-order chi connectivity index (χ1) is 13.9. The molecule has 3 rings (SSSR count). The monoisotopic (exact) mass is 412 g/mol. The molecule has 6 heteroatoms. The predicted octanol–water partition coefficient (Wildman–Crippen LogP) is 3.55. The van der Waals surface area contributed by atoms with Crippen molar-refractivity contribution in [2.45, 2.75) is 0 Å². The van der Waals surface area contributed by atoms with Crippen molar-refractivity contribution in [2.24, 2.45) is 9.98 Å². The molecule has 2 N–H and O–H groups in total. The second-order valence-electron chi connectivity index (χ2n) is 6.26. The number of thioether (sulfide) groups is 2. The number of aliphatic imine (C=N–C) groups is 2. The van der Waals surface area contributed by atoms with Gasteiger partial charge in [0.05, 0.1) is 22.8 Å². The van der Waals surface area contributed by atoms with Gasteiger partial charge in [-0.3, -0.25) is 9.98 Å². The fourth-order valence-electron chi connectivity index (χ4n) is 2.83. The van der Waals surface area contributed by atoms with E-state index in [0.29, 0.717) is 0 Å². The maximum atomic E-state index is 4.80. The second-order valence-corrected chi connectivity index (χ2v) is 8.71. The van der Waals surface area contributed by atoms with Crippen molar-refractivity contribution in [1.29, 1.82) is 0 Å². The highest BCUT2D eigenvalue weighted by Gasteiger charge is 2.06. The van der Waals surface area contributed by atoms with Gasteiger partial charge < -0.3 is 10.6 Å². The van der Waals surface area contributed by atoms with Crippen LogP contribution in [0.25, 0.3) is 0 Å². The van der Waals surface area contributed by atoms with E-state index in [9.17, 15) is 0 Å². The van der Waals surface area contributed by atoms with Crippen LogP contribution in [0.5, 0.6) is 0 Å². The number of nitrogens with zero attached hydrogens (tertiary/aromatic N) is 2. The van der Waals surface area contributed by atoms with Gasteiger partial charge in [0.2, 0.25) is 0 Å². The lowest BCUT2D eigenvalue weighted by molar-refractivity contribution is 0.883. The number of hydrogen-bond acceptors (Lipinski definition) is 6. The first-order valence-corrected chi connectivity index (χ1v) is 12.1. The third kappa shape index (κ3) is 7.24. The van der Waals surface area contributed by atoms with Crippen LogP contribution in [0.15, 0.2) is 82.1 Å². The lowest BCUT2D eigenvalue weighted by Gasteiger charge is -2.13. The van der Waals surface area contributed by atoms with Crippen LogP contribution in [0.3, 0.4) is 0 Å². The van der Waals surface area contributed by atoms with Gasteiger partial charge >= 0.3 is 0 Å². The molecule has 0 aromatic carbocycles. The van der Waals surface area contributed by atoms with Gasteiger partial charge in [-0.25, -0.2) is 0 Å². The summed E-state index contributed by atoms with van der Waals surface area (Å²) in [7, 11) is 0. The van der Waals surface area contributed by atoms with E-state index in [1.165, 1.54) is 0 Å². The molecule has 2 aliphatic carbocycles. The highest BCUT2D eigenvalue weighted by Crippen LogP contribution is 2.08. The Balaban J connectivity index is 1.63. The minimum atomic E-state index is 0.825. The van der Waals surface area contributed by atoms with Crippen molar-refractivity contribution >= 4 is 34.9 Å². The molecule has 1 aliphatic heterocycles. The Morgan fingerprint density at radius 1 is 0.607 bits per heavy atom. The lowest BCUT2D eigenvalue weighted by atomic mass is 10.2. The standard InChI is InChI=1S/C22H28N4S2/c1-3-7-19-20(8-4-1)24-12-16-28-18-14-26-22-10-6-2-5-9-21(22)25-13-17-27-15-11-23-19/h1-10,23,25H,11-18H2. The van der Waals surface area contributed by atoms with Crippen LogP contribution in [-0.4, -0.2) is 60.6 Å². The molecule has 3 aliphatic rings. The van der Waals surface area contributed by atoms with Gasteiger partial charge in [-0.2, -0.15) is 23.5 Å². The van der Waals surface area contributed by atoms with E-state index in [4.69, 9.17) is 9.98 Å². The van der Waals surface area contributed by atoms with Crippen LogP contribution >= 0.6 is 23.5 Å². The summed E-state index contributed by atoms with van der Waals surface area (Å²) in [6, 6.07) is 0. The van der Waals surface area contributed by atoms with E-state index >= 15 is 0 Å². The first-order valence-electron chi connectivity index (χ1n) is 9.76.